The highest BCUT2D eigenvalue weighted by molar-refractivity contribution is 7.89. The lowest BCUT2D eigenvalue weighted by Crippen LogP contribution is -2.40. The quantitative estimate of drug-likeness (QED) is 0.480. The van der Waals surface area contributed by atoms with Crippen molar-refractivity contribution in [3.05, 3.63) is 36.4 Å². The van der Waals surface area contributed by atoms with E-state index in [1.54, 1.807) is 24.3 Å². The minimum Gasteiger partial charge on any atom is -0.486 e. The van der Waals surface area contributed by atoms with Crippen molar-refractivity contribution in [2.24, 2.45) is 0 Å². The Bertz CT molecular complexity index is 1280. The predicted molar refractivity (Wildman–Crippen MR) is 114 cm³/mol. The zero-order valence-corrected chi connectivity index (χ0v) is 18.4. The Hall–Kier alpha value is -3.29. The Kier molecular flexibility index (Phi) is 6.21. The topological polar surface area (TPSA) is 146 Å². The second-order valence-electron chi connectivity index (χ2n) is 6.75. The van der Waals surface area contributed by atoms with E-state index in [9.17, 15) is 18.0 Å². The van der Waals surface area contributed by atoms with Crippen molar-refractivity contribution in [3.8, 4) is 11.5 Å². The number of carbonyl (C=O) groups is 2. The number of fused-ring (bicyclic) bond motifs is 2. The van der Waals surface area contributed by atoms with E-state index in [1.807, 2.05) is 0 Å². The van der Waals surface area contributed by atoms with Gasteiger partial charge in [0.1, 0.15) is 35.2 Å². The molecule has 1 atom stereocenters. The number of nitrogens with one attached hydrogen (secondary N) is 2. The molecule has 0 fully saturated rings. The average Bonchev–Trinajstić information content (AvgIpc) is 3.26. The number of amides is 1. The molecule has 4 rings (SSSR count). The lowest BCUT2D eigenvalue weighted by atomic mass is 10.2. The summed E-state index contributed by atoms with van der Waals surface area (Å²) in [6, 6.07) is 8.18. The van der Waals surface area contributed by atoms with Gasteiger partial charge in [-0.15, -0.1) is 0 Å². The number of ether oxygens (including phenoxy) is 3. The second kappa shape index (κ2) is 9.06. The summed E-state index contributed by atoms with van der Waals surface area (Å²) in [7, 11) is -4.07. The largest absolute Gasteiger partial charge is 0.486 e. The summed E-state index contributed by atoms with van der Waals surface area (Å²) in [6.07, 6.45) is 0. The first-order valence-corrected chi connectivity index (χ1v) is 11.6. The minimum absolute atomic E-state index is 0.0975. The first-order chi connectivity index (χ1) is 15.3. The van der Waals surface area contributed by atoms with Crippen molar-refractivity contribution in [1.29, 1.82) is 0 Å². The summed E-state index contributed by atoms with van der Waals surface area (Å²) in [4.78, 5) is 24.2. The van der Waals surface area contributed by atoms with Crippen molar-refractivity contribution in [1.82, 2.24) is 13.5 Å². The number of benzene rings is 2. The van der Waals surface area contributed by atoms with Gasteiger partial charge >= 0.3 is 5.97 Å². The second-order valence-corrected chi connectivity index (χ2v) is 8.96. The van der Waals surface area contributed by atoms with Crippen molar-refractivity contribution in [3.63, 3.8) is 0 Å². The molecule has 0 saturated heterocycles. The van der Waals surface area contributed by atoms with Gasteiger partial charge in [0.15, 0.2) is 18.1 Å². The van der Waals surface area contributed by atoms with Gasteiger partial charge in [-0.25, -0.2) is 8.42 Å². The zero-order chi connectivity index (χ0) is 22.7. The number of sulfonamides is 1. The Morgan fingerprint density at radius 2 is 1.94 bits per heavy atom. The number of anilines is 1. The maximum absolute atomic E-state index is 12.7. The van der Waals surface area contributed by atoms with Gasteiger partial charge in [0.2, 0.25) is 10.0 Å². The van der Waals surface area contributed by atoms with E-state index < -0.39 is 34.5 Å². The van der Waals surface area contributed by atoms with Gasteiger partial charge in [-0.1, -0.05) is 6.07 Å². The summed E-state index contributed by atoms with van der Waals surface area (Å²) in [6.45, 7) is 1.58. The molecule has 0 aliphatic carbocycles. The highest BCUT2D eigenvalue weighted by Gasteiger charge is 2.26. The molecule has 1 unspecified atom stereocenters. The fourth-order valence-electron chi connectivity index (χ4n) is 2.92. The van der Waals surface area contributed by atoms with Gasteiger partial charge in [0.05, 0.1) is 11.7 Å². The van der Waals surface area contributed by atoms with Crippen LogP contribution in [0, 0.1) is 0 Å². The van der Waals surface area contributed by atoms with Crippen LogP contribution in [0.25, 0.3) is 11.0 Å². The fourth-order valence-corrected chi connectivity index (χ4v) is 4.88. The van der Waals surface area contributed by atoms with Gasteiger partial charge in [0, 0.05) is 11.8 Å². The van der Waals surface area contributed by atoms with E-state index in [2.05, 4.69) is 18.8 Å². The van der Waals surface area contributed by atoms with Gasteiger partial charge in [-0.05, 0) is 31.2 Å². The molecule has 1 amide bonds. The van der Waals surface area contributed by atoms with Crippen LogP contribution in [0.2, 0.25) is 0 Å². The number of hydrogen-bond donors (Lipinski definition) is 2. The number of esters is 1. The Morgan fingerprint density at radius 1 is 1.16 bits per heavy atom. The van der Waals surface area contributed by atoms with Gasteiger partial charge in [0.25, 0.3) is 5.91 Å². The lowest BCUT2D eigenvalue weighted by Gasteiger charge is -2.19. The maximum atomic E-state index is 12.7. The Balaban J connectivity index is 1.32. The first kappa shape index (κ1) is 21.9. The Labute approximate surface area is 187 Å². The summed E-state index contributed by atoms with van der Waals surface area (Å²) in [5.41, 5.74) is 1.09. The van der Waals surface area contributed by atoms with E-state index in [1.165, 1.54) is 19.1 Å². The van der Waals surface area contributed by atoms with E-state index >= 15 is 0 Å². The highest BCUT2D eigenvalue weighted by Crippen LogP contribution is 2.32. The normalized spacial score (nSPS) is 14.0. The molecular formula is C19H18N4O7S2. The standard InChI is InChI=1S/C19H18N4O7S2/c1-11(23-32(26,27)16-4-2-3-13-18(16)22-31-21-13)19(25)30-10-17(24)20-12-5-6-14-15(9-12)29-8-7-28-14/h2-6,9,11,23H,7-8,10H2,1H3,(H,20,24). The van der Waals surface area contributed by atoms with Gasteiger partial charge < -0.3 is 19.5 Å². The van der Waals surface area contributed by atoms with Gasteiger partial charge in [-0.3, -0.25) is 9.59 Å². The zero-order valence-electron chi connectivity index (χ0n) is 16.7. The van der Waals surface area contributed by atoms with Crippen molar-refractivity contribution >= 4 is 50.3 Å². The molecular weight excluding hydrogens is 460 g/mol. The van der Waals surface area contributed by atoms with E-state index in [0.717, 1.165) is 11.7 Å². The molecule has 2 aromatic carbocycles. The molecule has 3 aromatic rings. The summed E-state index contributed by atoms with van der Waals surface area (Å²) in [5.74, 6) is -0.428. The SMILES string of the molecule is CC(NS(=O)(=O)c1cccc2nsnc12)C(=O)OCC(=O)Nc1ccc2c(c1)OCCO2. The van der Waals surface area contributed by atoms with Crippen LogP contribution >= 0.6 is 11.7 Å². The number of nitrogens with zero attached hydrogens (tertiary/aromatic N) is 2. The van der Waals surface area contributed by atoms with E-state index in [-0.39, 0.29) is 10.4 Å². The number of rotatable bonds is 7. The first-order valence-electron chi connectivity index (χ1n) is 9.43. The van der Waals surface area contributed by atoms with Crippen molar-refractivity contribution in [2.45, 2.75) is 17.9 Å². The predicted octanol–water partition coefficient (Wildman–Crippen LogP) is 1.31. The number of aromatic nitrogens is 2. The number of carbonyl (C=O) groups excluding carboxylic acids is 2. The van der Waals surface area contributed by atoms with Crippen LogP contribution in [0.15, 0.2) is 41.3 Å². The molecule has 0 saturated carbocycles. The third-order valence-corrected chi connectivity index (χ3v) is 6.51. The van der Waals surface area contributed by atoms with Crippen LogP contribution in [0.4, 0.5) is 5.69 Å². The molecule has 0 spiro atoms. The molecule has 13 heteroatoms. The maximum Gasteiger partial charge on any atom is 0.324 e. The third kappa shape index (κ3) is 4.79. The minimum atomic E-state index is -4.07. The molecule has 1 aromatic heterocycles. The van der Waals surface area contributed by atoms with Crippen molar-refractivity contribution < 1.29 is 32.2 Å². The average molecular weight is 479 g/mol. The van der Waals surface area contributed by atoms with Crippen LogP contribution in [0.1, 0.15) is 6.92 Å². The van der Waals surface area contributed by atoms with Crippen LogP contribution in [-0.4, -0.2) is 54.9 Å². The van der Waals surface area contributed by atoms with Crippen LogP contribution in [0.3, 0.4) is 0 Å². The molecule has 2 heterocycles. The Morgan fingerprint density at radius 3 is 2.75 bits per heavy atom. The summed E-state index contributed by atoms with van der Waals surface area (Å²) < 4.78 is 51.4. The van der Waals surface area contributed by atoms with Gasteiger partial charge in [-0.2, -0.15) is 13.5 Å². The van der Waals surface area contributed by atoms with Crippen LogP contribution < -0.4 is 19.5 Å². The fraction of sp³-hybridized carbons (Fsp3) is 0.263. The van der Waals surface area contributed by atoms with E-state index in [4.69, 9.17) is 14.2 Å². The molecule has 168 valence electrons. The highest BCUT2D eigenvalue weighted by atomic mass is 32.2. The smallest absolute Gasteiger partial charge is 0.324 e. The number of hydrogen-bond acceptors (Lipinski definition) is 10. The molecule has 2 N–H and O–H groups in total. The molecule has 1 aliphatic heterocycles. The molecule has 0 radical (unpaired) electrons. The van der Waals surface area contributed by atoms with Crippen molar-refractivity contribution in [2.75, 3.05) is 25.1 Å². The molecule has 11 nitrogen and oxygen atoms in total. The summed E-state index contributed by atoms with van der Waals surface area (Å²) >= 11 is 0.885. The van der Waals surface area contributed by atoms with E-state index in [0.29, 0.717) is 35.9 Å². The molecule has 1 aliphatic rings. The molecule has 0 bridgehead atoms. The lowest BCUT2D eigenvalue weighted by molar-refractivity contribution is -0.148. The monoisotopic (exact) mass is 478 g/mol. The third-order valence-electron chi connectivity index (χ3n) is 4.40. The summed E-state index contributed by atoms with van der Waals surface area (Å²) in [5, 5.41) is 2.57. The van der Waals surface area contributed by atoms with Crippen LogP contribution in [-0.2, 0) is 24.3 Å². The molecule has 32 heavy (non-hydrogen) atoms. The van der Waals surface area contributed by atoms with Crippen LogP contribution in [0.5, 0.6) is 11.5 Å².